The van der Waals surface area contributed by atoms with Crippen molar-refractivity contribution in [1.29, 1.82) is 0 Å². The molecular weight excluding hydrogens is 374 g/mol. The van der Waals surface area contributed by atoms with E-state index in [-0.39, 0.29) is 20.4 Å². The molecule has 7 nitrogen and oxygen atoms in total. The molecule has 2 aromatic rings. The molecule has 1 aromatic heterocycles. The summed E-state index contributed by atoms with van der Waals surface area (Å²) in [6.07, 6.45) is -1.13. The molecule has 0 radical (unpaired) electrons. The molecule has 1 aliphatic heterocycles. The van der Waals surface area contributed by atoms with Gasteiger partial charge in [-0.2, -0.15) is 0 Å². The smallest absolute Gasteiger partial charge is 0.247 e. The van der Waals surface area contributed by atoms with Crippen molar-refractivity contribution in [2.75, 3.05) is 7.11 Å². The second kappa shape index (κ2) is 5.81. The van der Waals surface area contributed by atoms with E-state index in [2.05, 4.69) is 0 Å². The quantitative estimate of drug-likeness (QED) is 0.817. The topological polar surface area (TPSA) is 124 Å². The molecule has 0 aliphatic carbocycles. The van der Waals surface area contributed by atoms with Gasteiger partial charge < -0.3 is 9.84 Å². The summed E-state index contributed by atoms with van der Waals surface area (Å²) in [6.45, 7) is 0. The van der Waals surface area contributed by atoms with E-state index in [1.54, 1.807) is 24.3 Å². The first-order valence-corrected chi connectivity index (χ1v) is 10.8. The standard InChI is InChI=1S/C14H15NO6S3/c1-21-9-4-2-8(3-5-9)12-7-11(16)10-6-13(24(15,19)20)22-14(10)23(12,17)18/h2-6,11-12,16H,7H2,1H3,(H2,15,19,20). The van der Waals surface area contributed by atoms with Gasteiger partial charge in [-0.3, -0.25) is 0 Å². The molecule has 130 valence electrons. The van der Waals surface area contributed by atoms with Crippen LogP contribution in [0.5, 0.6) is 5.75 Å². The van der Waals surface area contributed by atoms with Crippen molar-refractivity contribution < 1.29 is 26.7 Å². The summed E-state index contributed by atoms with van der Waals surface area (Å²) in [6, 6.07) is 7.65. The van der Waals surface area contributed by atoms with E-state index in [1.807, 2.05) is 0 Å². The molecule has 3 N–H and O–H groups in total. The van der Waals surface area contributed by atoms with E-state index in [9.17, 15) is 21.9 Å². The maximum Gasteiger partial charge on any atom is 0.247 e. The highest BCUT2D eigenvalue weighted by atomic mass is 32.3. The highest BCUT2D eigenvalue weighted by Crippen LogP contribution is 2.48. The molecular formula is C14H15NO6S3. The first-order valence-electron chi connectivity index (χ1n) is 6.87. The number of benzene rings is 1. The maximum absolute atomic E-state index is 12.9. The van der Waals surface area contributed by atoms with Crippen LogP contribution in [0.1, 0.15) is 28.9 Å². The number of nitrogens with two attached hydrogens (primary N) is 1. The second-order valence-electron chi connectivity index (χ2n) is 5.41. The number of aliphatic hydroxyl groups excluding tert-OH is 1. The van der Waals surface area contributed by atoms with Crippen molar-refractivity contribution >= 4 is 31.2 Å². The molecule has 0 saturated heterocycles. The summed E-state index contributed by atoms with van der Waals surface area (Å²) < 4.78 is 53.4. The average Bonchev–Trinajstić information content (AvgIpc) is 2.98. The van der Waals surface area contributed by atoms with Crippen LogP contribution in [0.25, 0.3) is 0 Å². The predicted molar refractivity (Wildman–Crippen MR) is 88.2 cm³/mol. The fourth-order valence-electron chi connectivity index (χ4n) is 2.68. The van der Waals surface area contributed by atoms with Gasteiger partial charge in [-0.05, 0) is 30.2 Å². The number of aliphatic hydroxyl groups is 1. The molecule has 3 rings (SSSR count). The lowest BCUT2D eigenvalue weighted by Crippen LogP contribution is -2.22. The van der Waals surface area contributed by atoms with Crippen LogP contribution in [0.3, 0.4) is 0 Å². The van der Waals surface area contributed by atoms with Gasteiger partial charge in [0, 0.05) is 5.56 Å². The summed E-state index contributed by atoms with van der Waals surface area (Å²) in [5.74, 6) is 0.584. The Hall–Kier alpha value is -1.46. The number of fused-ring (bicyclic) bond motifs is 1. The molecule has 0 spiro atoms. The van der Waals surface area contributed by atoms with Gasteiger partial charge in [0.05, 0.1) is 18.5 Å². The number of thiophene rings is 1. The van der Waals surface area contributed by atoms with Crippen molar-refractivity contribution in [3.05, 3.63) is 41.5 Å². The van der Waals surface area contributed by atoms with Crippen LogP contribution in [0.2, 0.25) is 0 Å². The van der Waals surface area contributed by atoms with E-state index in [0.717, 1.165) is 6.07 Å². The zero-order valence-corrected chi connectivity index (χ0v) is 15.0. The van der Waals surface area contributed by atoms with Crippen LogP contribution in [0.15, 0.2) is 38.8 Å². The molecule has 2 atom stereocenters. The zero-order chi connectivity index (χ0) is 17.7. The Morgan fingerprint density at radius 3 is 2.46 bits per heavy atom. The van der Waals surface area contributed by atoms with Crippen LogP contribution in [0, 0.1) is 0 Å². The van der Waals surface area contributed by atoms with Gasteiger partial charge >= 0.3 is 0 Å². The van der Waals surface area contributed by atoms with Crippen LogP contribution in [-0.2, 0) is 19.9 Å². The first-order chi connectivity index (χ1) is 11.1. The first kappa shape index (κ1) is 17.4. The highest BCUT2D eigenvalue weighted by Gasteiger charge is 2.41. The molecule has 1 aliphatic rings. The predicted octanol–water partition coefficient (Wildman–Crippen LogP) is 1.36. The maximum atomic E-state index is 12.9. The van der Waals surface area contributed by atoms with E-state index in [0.29, 0.717) is 22.6 Å². The molecule has 24 heavy (non-hydrogen) atoms. The minimum atomic E-state index is -4.04. The molecule has 0 bridgehead atoms. The number of hydrogen-bond acceptors (Lipinski definition) is 7. The monoisotopic (exact) mass is 389 g/mol. The molecule has 0 amide bonds. The van der Waals surface area contributed by atoms with Crippen LogP contribution >= 0.6 is 11.3 Å². The van der Waals surface area contributed by atoms with Gasteiger partial charge in [-0.1, -0.05) is 12.1 Å². The van der Waals surface area contributed by atoms with Gasteiger partial charge in [-0.15, -0.1) is 11.3 Å². The van der Waals surface area contributed by atoms with Crippen molar-refractivity contribution in [2.45, 2.75) is 26.2 Å². The third-order valence-electron chi connectivity index (χ3n) is 3.90. The van der Waals surface area contributed by atoms with Gasteiger partial charge in [0.1, 0.15) is 14.2 Å². The van der Waals surface area contributed by atoms with E-state index in [4.69, 9.17) is 9.88 Å². The Kier molecular flexibility index (Phi) is 4.21. The largest absolute Gasteiger partial charge is 0.497 e. The van der Waals surface area contributed by atoms with Gasteiger partial charge in [0.2, 0.25) is 10.0 Å². The van der Waals surface area contributed by atoms with Crippen LogP contribution in [0.4, 0.5) is 0 Å². The van der Waals surface area contributed by atoms with Gasteiger partial charge in [0.15, 0.2) is 9.84 Å². The fourth-order valence-corrected chi connectivity index (χ4v) is 7.34. The molecule has 0 saturated carbocycles. The minimum absolute atomic E-state index is 0.0531. The number of rotatable bonds is 3. The average molecular weight is 389 g/mol. The lowest BCUT2D eigenvalue weighted by Gasteiger charge is -2.26. The fraction of sp³-hybridized carbons (Fsp3) is 0.286. The second-order valence-corrected chi connectivity index (χ2v) is 10.6. The van der Waals surface area contributed by atoms with Gasteiger partial charge in [0.25, 0.3) is 0 Å². The third-order valence-corrected chi connectivity index (χ3v) is 9.18. The summed E-state index contributed by atoms with van der Waals surface area (Å²) in [5, 5.41) is 14.4. The molecule has 0 fully saturated rings. The van der Waals surface area contributed by atoms with Crippen molar-refractivity contribution in [2.24, 2.45) is 5.14 Å². The Labute approximate surface area is 143 Å². The molecule has 2 unspecified atom stereocenters. The molecule has 1 aromatic carbocycles. The number of methoxy groups -OCH3 is 1. The number of sulfone groups is 1. The van der Waals surface area contributed by atoms with Crippen LogP contribution in [-0.4, -0.2) is 29.1 Å². The lowest BCUT2D eigenvalue weighted by atomic mass is 10.0. The van der Waals surface area contributed by atoms with Crippen LogP contribution < -0.4 is 9.88 Å². The Balaban J connectivity index is 2.11. The number of primary sulfonamides is 1. The summed E-state index contributed by atoms with van der Waals surface area (Å²) in [7, 11) is -6.36. The lowest BCUT2D eigenvalue weighted by molar-refractivity contribution is 0.160. The van der Waals surface area contributed by atoms with Crippen molar-refractivity contribution in [3.8, 4) is 5.75 Å². The Bertz CT molecular complexity index is 976. The van der Waals surface area contributed by atoms with E-state index in [1.165, 1.54) is 7.11 Å². The Morgan fingerprint density at radius 2 is 1.92 bits per heavy atom. The van der Waals surface area contributed by atoms with E-state index < -0.39 is 31.2 Å². The number of ether oxygens (including phenoxy) is 1. The summed E-state index contributed by atoms with van der Waals surface area (Å²) >= 11 is 0.573. The number of hydrogen-bond donors (Lipinski definition) is 2. The highest BCUT2D eigenvalue weighted by molar-refractivity contribution is 7.95. The van der Waals surface area contributed by atoms with Gasteiger partial charge in [-0.25, -0.2) is 22.0 Å². The third kappa shape index (κ3) is 2.84. The summed E-state index contributed by atoms with van der Waals surface area (Å²) in [4.78, 5) is 0. The molecule has 10 heteroatoms. The summed E-state index contributed by atoms with van der Waals surface area (Å²) in [5.41, 5.74) is 0.597. The normalized spacial score (nSPS) is 22.8. The minimum Gasteiger partial charge on any atom is -0.497 e. The van der Waals surface area contributed by atoms with Crippen molar-refractivity contribution in [3.63, 3.8) is 0 Å². The van der Waals surface area contributed by atoms with E-state index >= 15 is 0 Å². The zero-order valence-electron chi connectivity index (χ0n) is 12.5. The van der Waals surface area contributed by atoms with Crippen molar-refractivity contribution in [1.82, 2.24) is 0 Å². The number of sulfonamides is 1. The Morgan fingerprint density at radius 1 is 1.29 bits per heavy atom. The molecule has 2 heterocycles. The SMILES string of the molecule is COc1ccc(C2CC(O)c3cc(S(N)(=O)=O)sc3S2(=O)=O)cc1.